The number of rotatable bonds is 6. The van der Waals surface area contributed by atoms with Gasteiger partial charge in [0.2, 0.25) is 5.92 Å². The van der Waals surface area contributed by atoms with Crippen molar-refractivity contribution >= 4 is 10.9 Å². The first-order valence-corrected chi connectivity index (χ1v) is 11.7. The van der Waals surface area contributed by atoms with Gasteiger partial charge in [-0.1, -0.05) is 0 Å². The molecule has 1 atom stereocenters. The molecule has 2 aliphatic carbocycles. The van der Waals surface area contributed by atoms with E-state index in [1.54, 1.807) is 0 Å². The Hall–Kier alpha value is -1.75. The Kier molecular flexibility index (Phi) is 5.42. The summed E-state index contributed by atoms with van der Waals surface area (Å²) in [6.07, 6.45) is 7.24. The molecule has 30 heavy (non-hydrogen) atoms. The van der Waals surface area contributed by atoms with E-state index < -0.39 is 5.92 Å². The number of pyridine rings is 1. The van der Waals surface area contributed by atoms with Crippen LogP contribution in [0.3, 0.4) is 0 Å². The Morgan fingerprint density at radius 2 is 1.93 bits per heavy atom. The van der Waals surface area contributed by atoms with Crippen LogP contribution in [0.1, 0.15) is 73.2 Å². The van der Waals surface area contributed by atoms with Crippen molar-refractivity contribution in [1.82, 2.24) is 9.88 Å². The van der Waals surface area contributed by atoms with Gasteiger partial charge in [0.1, 0.15) is 5.75 Å². The van der Waals surface area contributed by atoms with E-state index in [9.17, 15) is 8.78 Å². The third-order valence-corrected chi connectivity index (χ3v) is 7.25. The molecule has 5 heteroatoms. The number of aryl methyl sites for hydroxylation is 2. The van der Waals surface area contributed by atoms with E-state index in [1.165, 1.54) is 42.4 Å². The summed E-state index contributed by atoms with van der Waals surface area (Å²) in [7, 11) is 0. The summed E-state index contributed by atoms with van der Waals surface area (Å²) < 4.78 is 33.9. The molecule has 1 saturated carbocycles. The second-order valence-corrected chi connectivity index (χ2v) is 9.49. The fourth-order valence-electron chi connectivity index (χ4n) is 5.69. The average Bonchev–Trinajstić information content (AvgIpc) is 3.46. The molecule has 2 fully saturated rings. The lowest BCUT2D eigenvalue weighted by molar-refractivity contribution is 0.00764. The molecule has 5 rings (SSSR count). The second kappa shape index (κ2) is 8.07. The van der Waals surface area contributed by atoms with Gasteiger partial charge in [0.25, 0.3) is 0 Å². The average molecular weight is 415 g/mol. The Morgan fingerprint density at radius 1 is 1.13 bits per heavy atom. The SMILES string of the molecule is Cc1cc2c3c(c(C4CCC(F)(F)C4)nc2cc1OCCCN1CCCC1)CCC3. The minimum absolute atomic E-state index is 0.00850. The number of halogens is 2. The van der Waals surface area contributed by atoms with E-state index in [0.29, 0.717) is 13.0 Å². The lowest BCUT2D eigenvalue weighted by Gasteiger charge is -2.18. The maximum atomic E-state index is 13.9. The van der Waals surface area contributed by atoms with Crippen molar-refractivity contribution < 1.29 is 13.5 Å². The van der Waals surface area contributed by atoms with E-state index in [2.05, 4.69) is 24.0 Å². The molecule has 0 spiro atoms. The topological polar surface area (TPSA) is 25.4 Å². The number of ether oxygens (including phenoxy) is 1. The van der Waals surface area contributed by atoms with Gasteiger partial charge in [-0.25, -0.2) is 8.78 Å². The molecule has 0 bridgehead atoms. The van der Waals surface area contributed by atoms with Crippen molar-refractivity contribution in [3.8, 4) is 5.75 Å². The van der Waals surface area contributed by atoms with Crippen molar-refractivity contribution in [2.24, 2.45) is 0 Å². The van der Waals surface area contributed by atoms with Gasteiger partial charge >= 0.3 is 0 Å². The Balaban J connectivity index is 1.39. The van der Waals surface area contributed by atoms with Gasteiger partial charge in [-0.3, -0.25) is 4.98 Å². The Labute approximate surface area is 177 Å². The maximum Gasteiger partial charge on any atom is 0.248 e. The predicted octanol–water partition coefficient (Wildman–Crippen LogP) is 5.80. The van der Waals surface area contributed by atoms with Crippen molar-refractivity contribution in [1.29, 1.82) is 0 Å². The molecule has 2 aromatic rings. The highest BCUT2D eigenvalue weighted by Gasteiger charge is 2.42. The molecule has 1 aromatic carbocycles. The third-order valence-electron chi connectivity index (χ3n) is 7.25. The largest absolute Gasteiger partial charge is 0.493 e. The molecule has 1 saturated heterocycles. The molecule has 1 unspecified atom stereocenters. The van der Waals surface area contributed by atoms with Crippen LogP contribution in [0.15, 0.2) is 12.1 Å². The number of hydrogen-bond acceptors (Lipinski definition) is 3. The summed E-state index contributed by atoms with van der Waals surface area (Å²) in [4.78, 5) is 7.47. The minimum atomic E-state index is -2.54. The number of nitrogens with zero attached hydrogens (tertiary/aromatic N) is 2. The van der Waals surface area contributed by atoms with Gasteiger partial charge in [0.15, 0.2) is 0 Å². The summed E-state index contributed by atoms with van der Waals surface area (Å²) in [5.41, 5.74) is 5.59. The first-order valence-electron chi connectivity index (χ1n) is 11.7. The van der Waals surface area contributed by atoms with Crippen LogP contribution in [0, 0.1) is 6.92 Å². The number of hydrogen-bond donors (Lipinski definition) is 0. The maximum absolute atomic E-state index is 13.9. The first kappa shape index (κ1) is 20.2. The fraction of sp³-hybridized carbons (Fsp3) is 0.640. The van der Waals surface area contributed by atoms with Crippen molar-refractivity contribution in [3.63, 3.8) is 0 Å². The standard InChI is InChI=1S/C25H32F2N2O/c1-17-14-21-19-6-4-7-20(19)24(18-8-9-25(26,27)16-18)28-22(21)15-23(17)30-13-5-12-29-10-2-3-11-29/h14-15,18H,2-13,16H2,1H3. The highest BCUT2D eigenvalue weighted by Crippen LogP contribution is 2.47. The van der Waals surface area contributed by atoms with Crippen molar-refractivity contribution in [3.05, 3.63) is 34.5 Å². The van der Waals surface area contributed by atoms with Crippen LogP contribution >= 0.6 is 0 Å². The lowest BCUT2D eigenvalue weighted by Crippen LogP contribution is -2.22. The van der Waals surface area contributed by atoms with Gasteiger partial charge < -0.3 is 9.64 Å². The number of alkyl halides is 2. The monoisotopic (exact) mass is 414 g/mol. The quantitative estimate of drug-likeness (QED) is 0.559. The van der Waals surface area contributed by atoms with Crippen LogP contribution in [0.4, 0.5) is 8.78 Å². The van der Waals surface area contributed by atoms with Gasteiger partial charge in [0.05, 0.1) is 12.1 Å². The van der Waals surface area contributed by atoms with E-state index in [0.717, 1.165) is 54.8 Å². The molecule has 0 amide bonds. The van der Waals surface area contributed by atoms with E-state index in [1.807, 2.05) is 0 Å². The molecular weight excluding hydrogens is 382 g/mol. The normalized spacial score (nSPS) is 23.4. The van der Waals surface area contributed by atoms with Crippen LogP contribution in [-0.2, 0) is 12.8 Å². The van der Waals surface area contributed by atoms with Crippen molar-refractivity contribution in [2.75, 3.05) is 26.2 Å². The predicted molar refractivity (Wildman–Crippen MR) is 116 cm³/mol. The highest BCUT2D eigenvalue weighted by molar-refractivity contribution is 5.86. The van der Waals surface area contributed by atoms with Gasteiger partial charge in [0, 0.05) is 42.5 Å². The van der Waals surface area contributed by atoms with Crippen LogP contribution in [0.2, 0.25) is 0 Å². The summed E-state index contributed by atoms with van der Waals surface area (Å²) in [6.45, 7) is 6.33. The Bertz CT molecular complexity index is 937. The van der Waals surface area contributed by atoms with Crippen LogP contribution in [-0.4, -0.2) is 42.0 Å². The summed E-state index contributed by atoms with van der Waals surface area (Å²) in [5.74, 6) is -1.76. The van der Waals surface area contributed by atoms with Crippen molar-refractivity contribution in [2.45, 2.75) is 76.6 Å². The van der Waals surface area contributed by atoms with Crippen LogP contribution in [0.25, 0.3) is 10.9 Å². The number of fused-ring (bicyclic) bond motifs is 3. The highest BCUT2D eigenvalue weighted by atomic mass is 19.3. The minimum Gasteiger partial charge on any atom is -0.493 e. The molecule has 2 heterocycles. The number of likely N-dealkylation sites (tertiary alicyclic amines) is 1. The van der Waals surface area contributed by atoms with Gasteiger partial charge in [-0.05, 0) is 87.7 Å². The molecule has 1 aliphatic heterocycles. The molecule has 3 aliphatic rings. The lowest BCUT2D eigenvalue weighted by atomic mass is 9.93. The first-order chi connectivity index (χ1) is 14.5. The van der Waals surface area contributed by atoms with Gasteiger partial charge in [-0.2, -0.15) is 0 Å². The van der Waals surface area contributed by atoms with E-state index in [-0.39, 0.29) is 18.8 Å². The summed E-state index contributed by atoms with van der Waals surface area (Å²) >= 11 is 0. The molecule has 0 radical (unpaired) electrons. The zero-order valence-corrected chi connectivity index (χ0v) is 18.0. The fourth-order valence-corrected chi connectivity index (χ4v) is 5.69. The third kappa shape index (κ3) is 3.93. The van der Waals surface area contributed by atoms with Gasteiger partial charge in [-0.15, -0.1) is 0 Å². The molecule has 162 valence electrons. The van der Waals surface area contributed by atoms with E-state index in [4.69, 9.17) is 9.72 Å². The second-order valence-electron chi connectivity index (χ2n) is 9.49. The number of benzene rings is 1. The molecular formula is C25H32F2N2O. The summed E-state index contributed by atoms with van der Waals surface area (Å²) in [5, 5.41) is 1.19. The summed E-state index contributed by atoms with van der Waals surface area (Å²) in [6, 6.07) is 4.25. The Morgan fingerprint density at radius 3 is 2.70 bits per heavy atom. The zero-order chi connectivity index (χ0) is 20.7. The molecule has 1 aromatic heterocycles. The van der Waals surface area contributed by atoms with E-state index >= 15 is 0 Å². The zero-order valence-electron chi connectivity index (χ0n) is 18.0. The molecule has 3 nitrogen and oxygen atoms in total. The van der Waals surface area contributed by atoms with Crippen LogP contribution in [0.5, 0.6) is 5.75 Å². The smallest absolute Gasteiger partial charge is 0.248 e. The number of aromatic nitrogens is 1. The van der Waals surface area contributed by atoms with Crippen LogP contribution < -0.4 is 4.74 Å². The molecule has 0 N–H and O–H groups in total.